The minimum Gasteiger partial charge on any atom is -0.375 e. The summed E-state index contributed by atoms with van der Waals surface area (Å²) in [6, 6.07) is 0. The van der Waals surface area contributed by atoms with E-state index in [1.807, 2.05) is 0 Å². The molecular formula is C8H16O. The van der Waals surface area contributed by atoms with Gasteiger partial charge < -0.3 is 4.74 Å². The van der Waals surface area contributed by atoms with Crippen LogP contribution in [0, 0.1) is 11.8 Å². The maximum absolute atomic E-state index is 5.59. The molecule has 0 saturated carbocycles. The van der Waals surface area contributed by atoms with Gasteiger partial charge in [-0.15, -0.1) is 0 Å². The Labute approximate surface area is 57.4 Å². The van der Waals surface area contributed by atoms with Crippen molar-refractivity contribution >= 4 is 0 Å². The molecule has 1 aliphatic heterocycles. The lowest BCUT2D eigenvalue weighted by Gasteiger charge is -2.10. The highest BCUT2D eigenvalue weighted by Crippen LogP contribution is 2.30. The summed E-state index contributed by atoms with van der Waals surface area (Å²) in [5.74, 6) is 1.47. The van der Waals surface area contributed by atoms with Gasteiger partial charge in [0.15, 0.2) is 0 Å². The van der Waals surface area contributed by atoms with Crippen LogP contribution in [0.2, 0.25) is 0 Å². The van der Waals surface area contributed by atoms with Crippen molar-refractivity contribution in [1.82, 2.24) is 0 Å². The molecule has 0 radical (unpaired) electrons. The second-order valence-corrected chi connectivity index (χ2v) is 3.26. The van der Waals surface area contributed by atoms with Crippen molar-refractivity contribution in [3.05, 3.63) is 0 Å². The maximum atomic E-state index is 5.59. The molecule has 0 N–H and O–H groups in total. The molecule has 1 heterocycles. The van der Waals surface area contributed by atoms with E-state index in [4.69, 9.17) is 4.74 Å². The van der Waals surface area contributed by atoms with Crippen LogP contribution in [0.3, 0.4) is 0 Å². The number of hydrogen-bond acceptors (Lipinski definition) is 1. The van der Waals surface area contributed by atoms with Gasteiger partial charge in [0, 0.05) is 0 Å². The van der Waals surface area contributed by atoms with Gasteiger partial charge in [-0.05, 0) is 25.7 Å². The molecule has 1 rings (SSSR count). The monoisotopic (exact) mass is 128 g/mol. The molecule has 0 aliphatic carbocycles. The van der Waals surface area contributed by atoms with E-state index in [9.17, 15) is 0 Å². The van der Waals surface area contributed by atoms with Gasteiger partial charge in [-0.2, -0.15) is 0 Å². The maximum Gasteiger partial charge on any atom is 0.0579 e. The minimum absolute atomic E-state index is 0.468. The van der Waals surface area contributed by atoms with Crippen molar-refractivity contribution in [3.63, 3.8) is 0 Å². The summed E-state index contributed by atoms with van der Waals surface area (Å²) in [5, 5.41) is 0. The Balaban J connectivity index is 2.54. The van der Waals surface area contributed by atoms with Crippen LogP contribution in [-0.4, -0.2) is 12.2 Å². The van der Waals surface area contributed by atoms with Crippen LogP contribution in [0.25, 0.3) is 0 Å². The van der Waals surface area contributed by atoms with E-state index in [2.05, 4.69) is 27.7 Å². The molecule has 54 valence electrons. The first-order valence-electron chi connectivity index (χ1n) is 3.78. The SMILES string of the molecule is CC1O[C@H](C)[C@H](C)C1C. The normalized spacial score (nSPS) is 52.0. The zero-order chi connectivity index (χ0) is 7.02. The lowest BCUT2D eigenvalue weighted by atomic mass is 9.92. The summed E-state index contributed by atoms with van der Waals surface area (Å²) in [7, 11) is 0. The topological polar surface area (TPSA) is 9.23 Å². The Morgan fingerprint density at radius 2 is 1.11 bits per heavy atom. The molecular weight excluding hydrogens is 112 g/mol. The molecule has 9 heavy (non-hydrogen) atoms. The molecule has 0 spiro atoms. The van der Waals surface area contributed by atoms with E-state index >= 15 is 0 Å². The fraction of sp³-hybridized carbons (Fsp3) is 1.00. The molecule has 1 heteroatoms. The van der Waals surface area contributed by atoms with Crippen molar-refractivity contribution in [2.24, 2.45) is 11.8 Å². The molecule has 1 fully saturated rings. The number of ether oxygens (including phenoxy) is 1. The molecule has 0 aromatic heterocycles. The Hall–Kier alpha value is -0.0400. The van der Waals surface area contributed by atoms with Gasteiger partial charge >= 0.3 is 0 Å². The number of rotatable bonds is 0. The molecule has 4 atom stereocenters. The van der Waals surface area contributed by atoms with Gasteiger partial charge in [-0.1, -0.05) is 13.8 Å². The average Bonchev–Trinajstić information content (AvgIpc) is 1.98. The second-order valence-electron chi connectivity index (χ2n) is 3.26. The Morgan fingerprint density at radius 3 is 1.22 bits per heavy atom. The second kappa shape index (κ2) is 2.30. The van der Waals surface area contributed by atoms with Crippen molar-refractivity contribution in [2.45, 2.75) is 39.9 Å². The largest absolute Gasteiger partial charge is 0.375 e. The zero-order valence-corrected chi connectivity index (χ0v) is 6.72. The van der Waals surface area contributed by atoms with Gasteiger partial charge in [0.25, 0.3) is 0 Å². The molecule has 1 nitrogen and oxygen atoms in total. The van der Waals surface area contributed by atoms with Crippen molar-refractivity contribution in [1.29, 1.82) is 0 Å². The van der Waals surface area contributed by atoms with E-state index < -0.39 is 0 Å². The van der Waals surface area contributed by atoms with Gasteiger partial charge in [0.05, 0.1) is 12.2 Å². The summed E-state index contributed by atoms with van der Waals surface area (Å²) in [6.45, 7) is 8.84. The lowest BCUT2D eigenvalue weighted by Crippen LogP contribution is -2.12. The minimum atomic E-state index is 0.468. The molecule has 0 amide bonds. The van der Waals surface area contributed by atoms with Gasteiger partial charge in [0.1, 0.15) is 0 Å². The summed E-state index contributed by atoms with van der Waals surface area (Å²) >= 11 is 0. The quantitative estimate of drug-likeness (QED) is 0.485. The predicted octanol–water partition coefficient (Wildman–Crippen LogP) is 2.07. The van der Waals surface area contributed by atoms with Gasteiger partial charge in [-0.25, -0.2) is 0 Å². The van der Waals surface area contributed by atoms with E-state index in [0.717, 1.165) is 11.8 Å². The Bertz CT molecular complexity index is 88.7. The average molecular weight is 128 g/mol. The van der Waals surface area contributed by atoms with E-state index in [-0.39, 0.29) is 0 Å². The summed E-state index contributed by atoms with van der Waals surface area (Å²) in [6.07, 6.45) is 0.935. The third-order valence-electron chi connectivity index (χ3n) is 2.74. The van der Waals surface area contributed by atoms with Crippen LogP contribution in [0.15, 0.2) is 0 Å². The molecule has 1 saturated heterocycles. The summed E-state index contributed by atoms with van der Waals surface area (Å²) < 4.78 is 5.59. The fourth-order valence-electron chi connectivity index (χ4n) is 1.44. The Morgan fingerprint density at radius 1 is 0.778 bits per heavy atom. The first kappa shape index (κ1) is 7.07. The van der Waals surface area contributed by atoms with Crippen LogP contribution in [0.5, 0.6) is 0 Å². The van der Waals surface area contributed by atoms with Crippen LogP contribution in [-0.2, 0) is 4.74 Å². The standard InChI is InChI=1S/C8H16O/c1-5-6(2)8(4)9-7(5)3/h5-8H,1-4H3/t5-,6?,7-,8?/m1/s1. The van der Waals surface area contributed by atoms with Crippen molar-refractivity contribution < 1.29 is 4.74 Å². The zero-order valence-electron chi connectivity index (χ0n) is 6.72. The molecule has 1 aliphatic rings. The highest BCUT2D eigenvalue weighted by molar-refractivity contribution is 4.80. The molecule has 0 aromatic carbocycles. The van der Waals surface area contributed by atoms with Crippen LogP contribution >= 0.6 is 0 Å². The summed E-state index contributed by atoms with van der Waals surface area (Å²) in [4.78, 5) is 0. The van der Waals surface area contributed by atoms with Crippen LogP contribution in [0.1, 0.15) is 27.7 Å². The lowest BCUT2D eigenvalue weighted by molar-refractivity contribution is 0.0524. The first-order valence-corrected chi connectivity index (χ1v) is 3.78. The summed E-state index contributed by atoms with van der Waals surface area (Å²) in [5.41, 5.74) is 0. The van der Waals surface area contributed by atoms with E-state index in [1.54, 1.807) is 0 Å². The van der Waals surface area contributed by atoms with E-state index in [1.165, 1.54) is 0 Å². The van der Waals surface area contributed by atoms with Crippen molar-refractivity contribution in [3.8, 4) is 0 Å². The van der Waals surface area contributed by atoms with E-state index in [0.29, 0.717) is 12.2 Å². The smallest absolute Gasteiger partial charge is 0.0579 e. The van der Waals surface area contributed by atoms with Gasteiger partial charge in [0.2, 0.25) is 0 Å². The Kier molecular flexibility index (Phi) is 1.80. The number of hydrogen-bond donors (Lipinski definition) is 0. The molecule has 0 aromatic rings. The van der Waals surface area contributed by atoms with Crippen molar-refractivity contribution in [2.75, 3.05) is 0 Å². The third-order valence-corrected chi connectivity index (χ3v) is 2.74. The fourth-order valence-corrected chi connectivity index (χ4v) is 1.44. The van der Waals surface area contributed by atoms with Crippen LogP contribution in [0.4, 0.5) is 0 Å². The molecule has 2 unspecified atom stereocenters. The predicted molar refractivity (Wildman–Crippen MR) is 38.3 cm³/mol. The highest BCUT2D eigenvalue weighted by Gasteiger charge is 2.32. The first-order chi connectivity index (χ1) is 4.13. The highest BCUT2D eigenvalue weighted by atomic mass is 16.5. The van der Waals surface area contributed by atoms with Gasteiger partial charge in [-0.3, -0.25) is 0 Å². The third kappa shape index (κ3) is 1.11. The molecule has 0 bridgehead atoms. The van der Waals surface area contributed by atoms with Crippen LogP contribution < -0.4 is 0 Å².